The normalized spacial score (nSPS) is 20.4. The summed E-state index contributed by atoms with van der Waals surface area (Å²) in [7, 11) is 0. The van der Waals surface area contributed by atoms with Crippen LogP contribution in [0.1, 0.15) is 23.1 Å². The lowest BCUT2D eigenvalue weighted by Gasteiger charge is -2.14. The molecule has 1 nitrogen and oxygen atoms in total. The predicted molar refractivity (Wildman–Crippen MR) is 65.6 cm³/mol. The summed E-state index contributed by atoms with van der Waals surface area (Å²) in [5.41, 5.74) is 2.65. The van der Waals surface area contributed by atoms with Crippen LogP contribution in [-0.2, 0) is 6.42 Å². The van der Waals surface area contributed by atoms with Crippen molar-refractivity contribution in [3.8, 4) is 0 Å². The molecule has 1 N–H and O–H groups in total. The third kappa shape index (κ3) is 2.23. The third-order valence-electron chi connectivity index (χ3n) is 3.47. The van der Waals surface area contributed by atoms with Gasteiger partial charge >= 0.3 is 0 Å². The molecular formula is C13H17ClFN. The number of benzene rings is 1. The summed E-state index contributed by atoms with van der Waals surface area (Å²) < 4.78 is 13.6. The predicted octanol–water partition coefficient (Wildman–Crippen LogP) is 3.25. The number of rotatable bonds is 2. The molecule has 88 valence electrons. The smallest absolute Gasteiger partial charge is 0.127 e. The van der Waals surface area contributed by atoms with E-state index in [2.05, 4.69) is 5.32 Å². The Morgan fingerprint density at radius 3 is 2.81 bits per heavy atom. The molecule has 1 aromatic rings. The fourth-order valence-corrected chi connectivity index (χ4v) is 2.52. The number of hydrogen-bond acceptors (Lipinski definition) is 1. The SMILES string of the molecule is Cc1c(F)cc(CC2CCNC2)c(C)c1Cl. The van der Waals surface area contributed by atoms with Crippen molar-refractivity contribution in [2.75, 3.05) is 13.1 Å². The van der Waals surface area contributed by atoms with Crippen molar-refractivity contribution in [3.63, 3.8) is 0 Å². The second-order valence-electron chi connectivity index (χ2n) is 4.64. The van der Waals surface area contributed by atoms with Crippen molar-refractivity contribution in [3.05, 3.63) is 33.6 Å². The van der Waals surface area contributed by atoms with Crippen molar-refractivity contribution in [2.45, 2.75) is 26.7 Å². The first-order chi connectivity index (χ1) is 7.59. The molecule has 1 saturated heterocycles. The van der Waals surface area contributed by atoms with Crippen LogP contribution in [0.15, 0.2) is 6.07 Å². The Morgan fingerprint density at radius 2 is 2.19 bits per heavy atom. The average Bonchev–Trinajstić information content (AvgIpc) is 2.76. The summed E-state index contributed by atoms with van der Waals surface area (Å²) in [4.78, 5) is 0. The van der Waals surface area contributed by atoms with Gasteiger partial charge in [0.05, 0.1) is 0 Å². The Labute approximate surface area is 101 Å². The van der Waals surface area contributed by atoms with Gasteiger partial charge in [0.2, 0.25) is 0 Å². The highest BCUT2D eigenvalue weighted by molar-refractivity contribution is 6.32. The van der Waals surface area contributed by atoms with Gasteiger partial charge in [-0.2, -0.15) is 0 Å². The van der Waals surface area contributed by atoms with Gasteiger partial charge in [-0.05, 0) is 62.9 Å². The monoisotopic (exact) mass is 241 g/mol. The lowest BCUT2D eigenvalue weighted by Crippen LogP contribution is -2.11. The fourth-order valence-electron chi connectivity index (χ4n) is 2.31. The maximum Gasteiger partial charge on any atom is 0.127 e. The van der Waals surface area contributed by atoms with Crippen LogP contribution in [0.4, 0.5) is 4.39 Å². The van der Waals surface area contributed by atoms with Crippen molar-refractivity contribution in [2.24, 2.45) is 5.92 Å². The van der Waals surface area contributed by atoms with Gasteiger partial charge in [-0.25, -0.2) is 4.39 Å². The zero-order valence-electron chi connectivity index (χ0n) is 9.74. The maximum atomic E-state index is 13.6. The lowest BCUT2D eigenvalue weighted by atomic mass is 9.94. The molecule has 0 amide bonds. The van der Waals surface area contributed by atoms with E-state index >= 15 is 0 Å². The molecule has 3 heteroatoms. The Balaban J connectivity index is 2.26. The highest BCUT2D eigenvalue weighted by atomic mass is 35.5. The maximum absolute atomic E-state index is 13.6. The van der Waals surface area contributed by atoms with Crippen molar-refractivity contribution < 1.29 is 4.39 Å². The molecule has 0 spiro atoms. The van der Waals surface area contributed by atoms with Gasteiger partial charge in [0, 0.05) is 10.6 Å². The summed E-state index contributed by atoms with van der Waals surface area (Å²) in [6, 6.07) is 1.65. The summed E-state index contributed by atoms with van der Waals surface area (Å²) in [6.07, 6.45) is 2.10. The number of nitrogens with one attached hydrogen (secondary N) is 1. The molecule has 1 aliphatic heterocycles. The highest BCUT2D eigenvalue weighted by Gasteiger charge is 2.18. The molecule has 1 aromatic carbocycles. The van der Waals surface area contributed by atoms with Crippen LogP contribution in [0.2, 0.25) is 5.02 Å². The fraction of sp³-hybridized carbons (Fsp3) is 0.538. The first-order valence-corrected chi connectivity index (χ1v) is 6.12. The van der Waals surface area contributed by atoms with E-state index in [9.17, 15) is 4.39 Å². The van der Waals surface area contributed by atoms with Crippen LogP contribution < -0.4 is 5.32 Å². The van der Waals surface area contributed by atoms with Crippen molar-refractivity contribution >= 4 is 11.6 Å². The molecular weight excluding hydrogens is 225 g/mol. The van der Waals surface area contributed by atoms with Crippen LogP contribution in [0.3, 0.4) is 0 Å². The zero-order valence-corrected chi connectivity index (χ0v) is 10.5. The highest BCUT2D eigenvalue weighted by Crippen LogP contribution is 2.28. The summed E-state index contributed by atoms with van der Waals surface area (Å²) in [5, 5.41) is 3.91. The Kier molecular flexibility index (Phi) is 3.50. The molecule has 1 atom stereocenters. The van der Waals surface area contributed by atoms with E-state index in [1.54, 1.807) is 13.0 Å². The molecule has 0 aromatic heterocycles. The Morgan fingerprint density at radius 1 is 1.44 bits per heavy atom. The van der Waals surface area contributed by atoms with Crippen molar-refractivity contribution in [1.82, 2.24) is 5.32 Å². The van der Waals surface area contributed by atoms with Crippen LogP contribution in [0, 0.1) is 25.6 Å². The van der Waals surface area contributed by atoms with Crippen LogP contribution in [0.25, 0.3) is 0 Å². The number of hydrogen-bond donors (Lipinski definition) is 1. The molecule has 16 heavy (non-hydrogen) atoms. The van der Waals surface area contributed by atoms with Gasteiger partial charge < -0.3 is 5.32 Å². The minimum Gasteiger partial charge on any atom is -0.316 e. The van der Waals surface area contributed by atoms with Crippen LogP contribution in [0.5, 0.6) is 0 Å². The summed E-state index contributed by atoms with van der Waals surface area (Å²) in [5.74, 6) is 0.438. The lowest BCUT2D eigenvalue weighted by molar-refractivity contribution is 0.569. The van der Waals surface area contributed by atoms with Crippen molar-refractivity contribution in [1.29, 1.82) is 0 Å². The molecule has 2 rings (SSSR count). The largest absolute Gasteiger partial charge is 0.316 e. The minimum atomic E-state index is -0.184. The number of halogens is 2. The van der Waals surface area contributed by atoms with Gasteiger partial charge in [0.1, 0.15) is 5.82 Å². The van der Waals surface area contributed by atoms with E-state index in [-0.39, 0.29) is 5.82 Å². The molecule has 1 unspecified atom stereocenters. The van der Waals surface area contributed by atoms with Crippen LogP contribution >= 0.6 is 11.6 Å². The summed E-state index contributed by atoms with van der Waals surface area (Å²) in [6.45, 7) is 5.82. The van der Waals surface area contributed by atoms with E-state index in [1.807, 2.05) is 6.92 Å². The average molecular weight is 242 g/mol. The first kappa shape index (κ1) is 11.9. The second-order valence-corrected chi connectivity index (χ2v) is 5.02. The second kappa shape index (κ2) is 4.72. The van der Waals surface area contributed by atoms with Gasteiger partial charge in [0.25, 0.3) is 0 Å². The van der Waals surface area contributed by atoms with E-state index in [4.69, 9.17) is 11.6 Å². The third-order valence-corrected chi connectivity index (χ3v) is 4.04. The van der Waals surface area contributed by atoms with E-state index in [0.717, 1.165) is 30.6 Å². The van der Waals surface area contributed by atoms with E-state index < -0.39 is 0 Å². The molecule has 0 radical (unpaired) electrons. The van der Waals surface area contributed by atoms with Gasteiger partial charge in [-0.15, -0.1) is 0 Å². The van der Waals surface area contributed by atoms with E-state index in [0.29, 0.717) is 16.5 Å². The Bertz CT molecular complexity index is 397. The van der Waals surface area contributed by atoms with Gasteiger partial charge in [-0.3, -0.25) is 0 Å². The molecule has 1 heterocycles. The van der Waals surface area contributed by atoms with Gasteiger partial charge in [-0.1, -0.05) is 11.6 Å². The summed E-state index contributed by atoms with van der Waals surface area (Å²) >= 11 is 6.12. The zero-order chi connectivity index (χ0) is 11.7. The molecule has 0 saturated carbocycles. The molecule has 1 aliphatic rings. The standard InChI is InChI=1S/C13H17ClFN/c1-8-11(5-10-3-4-16-7-10)6-12(15)9(2)13(8)14/h6,10,16H,3-5,7H2,1-2H3. The van der Waals surface area contributed by atoms with E-state index in [1.165, 1.54) is 6.42 Å². The quantitative estimate of drug-likeness (QED) is 0.838. The molecule has 1 fully saturated rings. The molecule has 0 bridgehead atoms. The first-order valence-electron chi connectivity index (χ1n) is 5.74. The van der Waals surface area contributed by atoms with Crippen LogP contribution in [-0.4, -0.2) is 13.1 Å². The molecule has 0 aliphatic carbocycles. The minimum absolute atomic E-state index is 0.184. The van der Waals surface area contributed by atoms with Gasteiger partial charge in [0.15, 0.2) is 0 Å². The topological polar surface area (TPSA) is 12.0 Å². The Hall–Kier alpha value is -0.600.